The standard InChI is InChI=1S/C39H44N8O7/c1-23-12-13-46(23)39(53)54-28-8-6-26(19-28)31-21-33(43-42-31)40-35(49)18-24-2-4-25(5-3-24)22-44-14-16-45(17-15-44)27-7-9-29-30(20-27)38(52)47(37(29)51)32-10-11-34(48)41-36(32)50/h2-5,7,9,20-21,23,26,28,32H,6,8,10-19,22H2,1H3,(H,41,48,50)(H2,40,42,43,49)/t23-,26+,28-,32?/m0/s1. The number of fused-ring (bicyclic) bond motifs is 1. The van der Waals surface area contributed by atoms with Crippen molar-refractivity contribution in [2.75, 3.05) is 42.9 Å². The molecular weight excluding hydrogens is 692 g/mol. The number of carbonyl (C=O) groups excluding carboxylic acids is 6. The van der Waals surface area contributed by atoms with Crippen LogP contribution in [0.1, 0.15) is 88.9 Å². The van der Waals surface area contributed by atoms with E-state index in [1.54, 1.807) is 17.0 Å². The van der Waals surface area contributed by atoms with Crippen LogP contribution in [0.4, 0.5) is 16.3 Å². The van der Waals surface area contributed by atoms with Crippen molar-refractivity contribution < 1.29 is 33.5 Å². The predicted octanol–water partition coefficient (Wildman–Crippen LogP) is 3.18. The van der Waals surface area contributed by atoms with E-state index in [-0.39, 0.29) is 60.5 Å². The SMILES string of the molecule is C[C@H]1CCN1C(=O)O[C@H]1CC[C@@H](c2cc(NC(=O)Cc3ccc(CN4CCN(c5ccc6c(c5)C(=O)N(C5CCC(=O)NC5=O)C6=O)CC4)cc3)n[nH]2)C1. The summed E-state index contributed by atoms with van der Waals surface area (Å²) in [5, 5.41) is 12.5. The molecule has 0 spiro atoms. The highest BCUT2D eigenvalue weighted by atomic mass is 16.6. The number of nitrogens with one attached hydrogen (secondary N) is 3. The van der Waals surface area contributed by atoms with Gasteiger partial charge in [-0.05, 0) is 68.4 Å². The molecule has 8 rings (SSSR count). The molecule has 3 aromatic rings. The maximum atomic E-state index is 13.3. The summed E-state index contributed by atoms with van der Waals surface area (Å²) in [4.78, 5) is 82.9. The van der Waals surface area contributed by atoms with Crippen molar-refractivity contribution in [1.82, 2.24) is 30.2 Å². The van der Waals surface area contributed by atoms with Gasteiger partial charge in [0, 0.05) is 75.1 Å². The summed E-state index contributed by atoms with van der Waals surface area (Å²) in [5.41, 5.74) is 4.37. The van der Waals surface area contributed by atoms with Crippen LogP contribution in [0.3, 0.4) is 0 Å². The smallest absolute Gasteiger partial charge is 0.410 e. The first-order valence-corrected chi connectivity index (χ1v) is 18.8. The number of H-pyrrole nitrogens is 1. The van der Waals surface area contributed by atoms with E-state index in [1.807, 2.05) is 43.3 Å². The Kier molecular flexibility index (Phi) is 9.65. The summed E-state index contributed by atoms with van der Waals surface area (Å²) in [6, 6.07) is 14.4. The lowest BCUT2D eigenvalue weighted by molar-refractivity contribution is -0.136. The molecule has 2 aromatic carbocycles. The van der Waals surface area contributed by atoms with Crippen molar-refractivity contribution in [3.05, 3.63) is 76.5 Å². The van der Waals surface area contributed by atoms with Gasteiger partial charge in [0.25, 0.3) is 11.8 Å². The molecule has 1 aromatic heterocycles. The number of anilines is 2. The highest BCUT2D eigenvalue weighted by Crippen LogP contribution is 2.37. The molecule has 5 aliphatic rings. The van der Waals surface area contributed by atoms with Gasteiger partial charge < -0.3 is 19.9 Å². The molecule has 0 bridgehead atoms. The molecule has 3 saturated heterocycles. The molecule has 15 nitrogen and oxygen atoms in total. The van der Waals surface area contributed by atoms with Crippen molar-refractivity contribution in [2.45, 2.75) is 82.5 Å². The number of likely N-dealkylation sites (tertiary alicyclic amines) is 1. The third kappa shape index (κ3) is 7.19. The predicted molar refractivity (Wildman–Crippen MR) is 196 cm³/mol. The molecule has 0 radical (unpaired) electrons. The Bertz CT molecular complexity index is 1990. The molecule has 4 aliphatic heterocycles. The first-order valence-electron chi connectivity index (χ1n) is 18.8. The van der Waals surface area contributed by atoms with Gasteiger partial charge in [-0.25, -0.2) is 4.79 Å². The largest absolute Gasteiger partial charge is 0.446 e. The number of piperazine rings is 1. The number of amides is 6. The highest BCUT2D eigenvalue weighted by Gasteiger charge is 2.45. The zero-order valence-corrected chi connectivity index (χ0v) is 30.2. The summed E-state index contributed by atoms with van der Waals surface area (Å²) < 4.78 is 5.73. The van der Waals surface area contributed by atoms with Gasteiger partial charge in [0.2, 0.25) is 17.7 Å². The van der Waals surface area contributed by atoms with E-state index in [0.717, 1.165) is 92.4 Å². The molecule has 1 unspecified atom stereocenters. The molecular formula is C39H44N8O7. The number of aromatic amines is 1. The number of hydrogen-bond acceptors (Lipinski definition) is 10. The van der Waals surface area contributed by atoms with E-state index < -0.39 is 29.7 Å². The van der Waals surface area contributed by atoms with Crippen LogP contribution in [0.5, 0.6) is 0 Å². The number of carbonyl (C=O) groups is 6. The van der Waals surface area contributed by atoms with Crippen molar-refractivity contribution in [2.24, 2.45) is 0 Å². The van der Waals surface area contributed by atoms with Crippen LogP contribution in [-0.2, 0) is 32.1 Å². The Morgan fingerprint density at radius 3 is 2.35 bits per heavy atom. The third-order valence-electron chi connectivity index (χ3n) is 11.5. The van der Waals surface area contributed by atoms with Gasteiger partial charge in [0.05, 0.1) is 17.5 Å². The minimum absolute atomic E-state index is 0.0813. The van der Waals surface area contributed by atoms with Crippen LogP contribution in [0.15, 0.2) is 48.5 Å². The maximum Gasteiger partial charge on any atom is 0.410 e. The first kappa shape index (κ1) is 35.5. The second kappa shape index (κ2) is 14.7. The lowest BCUT2D eigenvalue weighted by atomic mass is 10.0. The Morgan fingerprint density at radius 1 is 0.870 bits per heavy atom. The summed E-state index contributed by atoms with van der Waals surface area (Å²) >= 11 is 0. The number of hydrogen-bond donors (Lipinski definition) is 3. The van der Waals surface area contributed by atoms with E-state index >= 15 is 0 Å². The number of ether oxygens (including phenoxy) is 1. The Labute approximate surface area is 312 Å². The number of piperidine rings is 1. The van der Waals surface area contributed by atoms with Crippen molar-refractivity contribution >= 4 is 47.1 Å². The number of imide groups is 2. The van der Waals surface area contributed by atoms with Crippen LogP contribution in [0.25, 0.3) is 0 Å². The molecule has 1 saturated carbocycles. The Balaban J connectivity index is 0.781. The molecule has 6 amide bonds. The molecule has 4 fully saturated rings. The van der Waals surface area contributed by atoms with Gasteiger partial charge in [-0.3, -0.25) is 44.2 Å². The molecule has 15 heteroatoms. The average Bonchev–Trinajstić information content (AvgIpc) is 3.87. The van der Waals surface area contributed by atoms with Gasteiger partial charge in [0.1, 0.15) is 12.1 Å². The minimum atomic E-state index is -0.986. The van der Waals surface area contributed by atoms with Crippen molar-refractivity contribution in [1.29, 1.82) is 0 Å². The molecule has 5 heterocycles. The molecule has 54 heavy (non-hydrogen) atoms. The lowest BCUT2D eigenvalue weighted by Crippen LogP contribution is -2.54. The highest BCUT2D eigenvalue weighted by molar-refractivity contribution is 6.23. The fourth-order valence-corrected chi connectivity index (χ4v) is 8.15. The quantitative estimate of drug-likeness (QED) is 0.277. The van der Waals surface area contributed by atoms with Gasteiger partial charge in [0.15, 0.2) is 5.82 Å². The van der Waals surface area contributed by atoms with Crippen LogP contribution < -0.4 is 15.5 Å². The third-order valence-corrected chi connectivity index (χ3v) is 11.5. The van der Waals surface area contributed by atoms with Gasteiger partial charge in [-0.1, -0.05) is 24.3 Å². The maximum absolute atomic E-state index is 13.3. The van der Waals surface area contributed by atoms with E-state index in [1.165, 1.54) is 0 Å². The summed E-state index contributed by atoms with van der Waals surface area (Å²) in [5.74, 6) is -1.51. The molecule has 1 aliphatic carbocycles. The number of aromatic nitrogens is 2. The number of benzene rings is 2. The van der Waals surface area contributed by atoms with Crippen LogP contribution in [0, 0.1) is 0 Å². The first-order chi connectivity index (χ1) is 26.1. The van der Waals surface area contributed by atoms with Crippen molar-refractivity contribution in [3.63, 3.8) is 0 Å². The van der Waals surface area contributed by atoms with E-state index in [2.05, 4.69) is 30.6 Å². The summed E-state index contributed by atoms with van der Waals surface area (Å²) in [6.07, 6.45) is 3.55. The Hall–Kier alpha value is -5.57. The van der Waals surface area contributed by atoms with Gasteiger partial charge in [-0.2, -0.15) is 5.10 Å². The van der Waals surface area contributed by atoms with Crippen LogP contribution in [0.2, 0.25) is 0 Å². The monoisotopic (exact) mass is 736 g/mol. The number of rotatable bonds is 9. The zero-order valence-electron chi connectivity index (χ0n) is 30.2. The molecule has 3 N–H and O–H groups in total. The fraction of sp³-hybridized carbons (Fsp3) is 0.462. The van der Waals surface area contributed by atoms with Crippen molar-refractivity contribution in [3.8, 4) is 0 Å². The normalized spacial score (nSPS) is 24.4. The summed E-state index contributed by atoms with van der Waals surface area (Å²) in [7, 11) is 0. The Morgan fingerprint density at radius 2 is 1.63 bits per heavy atom. The van der Waals surface area contributed by atoms with E-state index in [4.69, 9.17) is 4.74 Å². The summed E-state index contributed by atoms with van der Waals surface area (Å²) in [6.45, 7) is 6.61. The topological polar surface area (TPSA) is 177 Å². The van der Waals surface area contributed by atoms with E-state index in [0.29, 0.717) is 5.82 Å². The second-order valence-electron chi connectivity index (χ2n) is 15.0. The minimum Gasteiger partial charge on any atom is -0.446 e. The van der Waals surface area contributed by atoms with Crippen LogP contribution in [-0.4, -0.2) is 111 Å². The average molecular weight is 737 g/mol. The number of nitrogens with zero attached hydrogens (tertiary/aromatic N) is 5. The van der Waals surface area contributed by atoms with Gasteiger partial charge >= 0.3 is 6.09 Å². The van der Waals surface area contributed by atoms with Crippen LogP contribution >= 0.6 is 0 Å². The second-order valence-corrected chi connectivity index (χ2v) is 15.0. The zero-order chi connectivity index (χ0) is 37.5. The fourth-order valence-electron chi connectivity index (χ4n) is 8.15. The lowest BCUT2D eigenvalue weighted by Gasteiger charge is -2.38. The van der Waals surface area contributed by atoms with Gasteiger partial charge in [-0.15, -0.1) is 0 Å². The molecule has 282 valence electrons. The molecule has 4 atom stereocenters. The van der Waals surface area contributed by atoms with E-state index in [9.17, 15) is 28.8 Å².